The zero-order valence-corrected chi connectivity index (χ0v) is 17.8. The summed E-state index contributed by atoms with van der Waals surface area (Å²) in [7, 11) is 3.72. The maximum atomic E-state index is 9.35. The summed E-state index contributed by atoms with van der Waals surface area (Å²) in [5.74, 6) is 0.845. The van der Waals surface area contributed by atoms with Gasteiger partial charge in [-0.05, 0) is 37.1 Å². The van der Waals surface area contributed by atoms with Crippen LogP contribution in [0.25, 0.3) is 33.7 Å². The van der Waals surface area contributed by atoms with E-state index in [1.54, 1.807) is 10.9 Å². The van der Waals surface area contributed by atoms with Gasteiger partial charge < -0.3 is 5.32 Å². The van der Waals surface area contributed by atoms with Gasteiger partial charge in [-0.25, -0.2) is 4.98 Å². The number of nitriles is 2. The molecule has 0 spiro atoms. The van der Waals surface area contributed by atoms with Gasteiger partial charge in [0.2, 0.25) is 0 Å². The molecule has 32 heavy (non-hydrogen) atoms. The van der Waals surface area contributed by atoms with Crippen molar-refractivity contribution >= 4 is 16.7 Å². The van der Waals surface area contributed by atoms with Gasteiger partial charge in [-0.15, -0.1) is 0 Å². The molecule has 5 rings (SSSR count). The molecule has 0 aromatic carbocycles. The predicted molar refractivity (Wildman–Crippen MR) is 119 cm³/mol. The quantitative estimate of drug-likeness (QED) is 0.521. The van der Waals surface area contributed by atoms with Gasteiger partial charge in [0.25, 0.3) is 0 Å². The molecule has 0 radical (unpaired) electrons. The molecule has 9 nitrogen and oxygen atoms in total. The highest BCUT2D eigenvalue weighted by Crippen LogP contribution is 2.46. The van der Waals surface area contributed by atoms with Crippen LogP contribution in [0.15, 0.2) is 42.7 Å². The number of nitrogens with zero attached hydrogens (tertiary/aromatic N) is 8. The van der Waals surface area contributed by atoms with Crippen LogP contribution in [0.2, 0.25) is 0 Å². The Labute approximate surface area is 184 Å². The van der Waals surface area contributed by atoms with Crippen molar-refractivity contribution in [2.24, 2.45) is 13.0 Å². The van der Waals surface area contributed by atoms with Gasteiger partial charge in [0.15, 0.2) is 0 Å². The van der Waals surface area contributed by atoms with Gasteiger partial charge in [0, 0.05) is 37.9 Å². The first-order valence-corrected chi connectivity index (χ1v) is 10.4. The van der Waals surface area contributed by atoms with Crippen LogP contribution in [-0.2, 0) is 12.6 Å². The maximum Gasteiger partial charge on any atom is 0.124 e. The number of hydrogen-bond acceptors (Lipinski definition) is 7. The smallest absolute Gasteiger partial charge is 0.124 e. The van der Waals surface area contributed by atoms with Crippen molar-refractivity contribution in [2.75, 3.05) is 12.4 Å². The standard InChI is InChI=1S/C23H21N9/c1-26-21-11-20(29-31(21)2)19-10-18-16(4-3-8-27-18)22(28-19)17-5-9-32(30-17)23(6-7-24)12-15(13-23)14-25/h3-5,8-11,15,26H,6,12-13H2,1-2H3/t15-,23-. The van der Waals surface area contributed by atoms with Crippen molar-refractivity contribution in [1.29, 1.82) is 10.5 Å². The Balaban J connectivity index is 1.62. The lowest BCUT2D eigenvalue weighted by atomic mass is 9.67. The second-order valence-electron chi connectivity index (χ2n) is 8.15. The van der Waals surface area contributed by atoms with Crippen LogP contribution in [-0.4, -0.2) is 36.6 Å². The molecule has 1 fully saturated rings. The molecule has 0 aliphatic heterocycles. The molecule has 0 bridgehead atoms. The fourth-order valence-electron chi connectivity index (χ4n) is 4.45. The van der Waals surface area contributed by atoms with Gasteiger partial charge in [0.1, 0.15) is 22.9 Å². The molecule has 9 heteroatoms. The predicted octanol–water partition coefficient (Wildman–Crippen LogP) is 3.48. The first-order valence-electron chi connectivity index (χ1n) is 10.4. The topological polar surface area (TPSA) is 121 Å². The van der Waals surface area contributed by atoms with Gasteiger partial charge in [-0.2, -0.15) is 20.7 Å². The van der Waals surface area contributed by atoms with E-state index < -0.39 is 5.54 Å². The maximum absolute atomic E-state index is 9.35. The third-order valence-electron chi connectivity index (χ3n) is 6.16. The summed E-state index contributed by atoms with van der Waals surface area (Å²) in [6.07, 6.45) is 5.23. The SMILES string of the molecule is CNc1cc(-c2cc3ncccc3c(-c3ccn([C@]4(CC#N)C[C@@H](C#N)C4)n3)n2)nn1C. The van der Waals surface area contributed by atoms with E-state index in [-0.39, 0.29) is 5.92 Å². The number of aromatic nitrogens is 6. The minimum Gasteiger partial charge on any atom is -0.373 e. The Morgan fingerprint density at radius 3 is 2.72 bits per heavy atom. The van der Waals surface area contributed by atoms with E-state index in [1.807, 2.05) is 55.3 Å². The van der Waals surface area contributed by atoms with Crippen molar-refractivity contribution in [3.8, 4) is 34.9 Å². The number of anilines is 1. The fraction of sp³-hybridized carbons (Fsp3) is 0.304. The molecule has 0 unspecified atom stereocenters. The summed E-state index contributed by atoms with van der Waals surface area (Å²) in [4.78, 5) is 9.44. The molecule has 1 saturated carbocycles. The van der Waals surface area contributed by atoms with Crippen LogP contribution in [0, 0.1) is 28.6 Å². The average molecular weight is 423 g/mol. The molecule has 0 saturated heterocycles. The summed E-state index contributed by atoms with van der Waals surface area (Å²) in [6.45, 7) is 0. The number of hydrogen-bond donors (Lipinski definition) is 1. The van der Waals surface area contributed by atoms with E-state index in [9.17, 15) is 10.5 Å². The van der Waals surface area contributed by atoms with Crippen LogP contribution in [0.3, 0.4) is 0 Å². The third kappa shape index (κ3) is 3.07. The zero-order valence-electron chi connectivity index (χ0n) is 17.8. The fourth-order valence-corrected chi connectivity index (χ4v) is 4.45. The molecular formula is C23H21N9. The summed E-state index contributed by atoms with van der Waals surface area (Å²) >= 11 is 0. The second kappa shape index (κ2) is 7.47. The summed E-state index contributed by atoms with van der Waals surface area (Å²) < 4.78 is 3.61. The van der Waals surface area contributed by atoms with E-state index >= 15 is 0 Å². The second-order valence-corrected chi connectivity index (χ2v) is 8.15. The van der Waals surface area contributed by atoms with Gasteiger partial charge in [0.05, 0.1) is 41.2 Å². The number of rotatable bonds is 5. The first kappa shape index (κ1) is 19.7. The molecular weight excluding hydrogens is 402 g/mol. The van der Waals surface area contributed by atoms with Gasteiger partial charge in [-0.3, -0.25) is 14.3 Å². The van der Waals surface area contributed by atoms with Crippen LogP contribution in [0.1, 0.15) is 19.3 Å². The van der Waals surface area contributed by atoms with Crippen molar-refractivity contribution in [3.63, 3.8) is 0 Å². The highest BCUT2D eigenvalue weighted by Gasteiger charge is 2.46. The first-order chi connectivity index (χ1) is 15.6. The van der Waals surface area contributed by atoms with Crippen molar-refractivity contribution < 1.29 is 0 Å². The summed E-state index contributed by atoms with van der Waals surface area (Å²) in [5, 5.41) is 32.0. The van der Waals surface area contributed by atoms with Crippen molar-refractivity contribution in [1.82, 2.24) is 29.5 Å². The normalized spacial score (nSPS) is 19.8. The highest BCUT2D eigenvalue weighted by molar-refractivity contribution is 5.93. The Morgan fingerprint density at radius 2 is 2.00 bits per heavy atom. The highest BCUT2D eigenvalue weighted by atomic mass is 15.3. The van der Waals surface area contributed by atoms with Crippen molar-refractivity contribution in [3.05, 3.63) is 42.7 Å². The lowest BCUT2D eigenvalue weighted by molar-refractivity contribution is 0.0884. The van der Waals surface area contributed by atoms with E-state index in [2.05, 4.69) is 27.5 Å². The molecule has 4 aromatic rings. The Bertz CT molecular complexity index is 1390. The Morgan fingerprint density at radius 1 is 1.16 bits per heavy atom. The molecule has 4 heterocycles. The molecule has 1 N–H and O–H groups in total. The van der Waals surface area contributed by atoms with Crippen LogP contribution >= 0.6 is 0 Å². The molecule has 4 aromatic heterocycles. The summed E-state index contributed by atoms with van der Waals surface area (Å²) in [5.41, 5.74) is 3.23. The molecule has 158 valence electrons. The lowest BCUT2D eigenvalue weighted by Gasteiger charge is -2.43. The molecule has 0 atom stereocenters. The third-order valence-corrected chi connectivity index (χ3v) is 6.16. The van der Waals surface area contributed by atoms with E-state index in [0.29, 0.717) is 36.3 Å². The number of aryl methyl sites for hydroxylation is 1. The van der Waals surface area contributed by atoms with Crippen LogP contribution in [0.5, 0.6) is 0 Å². The van der Waals surface area contributed by atoms with E-state index in [4.69, 9.17) is 10.1 Å². The summed E-state index contributed by atoms with van der Waals surface area (Å²) in [6, 6.07) is 14.2. The van der Waals surface area contributed by atoms with Crippen LogP contribution in [0.4, 0.5) is 5.82 Å². The molecule has 1 aliphatic rings. The number of nitrogens with one attached hydrogen (secondary N) is 1. The van der Waals surface area contributed by atoms with Gasteiger partial charge in [-0.1, -0.05) is 0 Å². The largest absolute Gasteiger partial charge is 0.373 e. The molecule has 1 aliphatic carbocycles. The molecule has 0 amide bonds. The lowest BCUT2D eigenvalue weighted by Crippen LogP contribution is -2.46. The zero-order chi connectivity index (χ0) is 22.3. The van der Waals surface area contributed by atoms with Crippen molar-refractivity contribution in [2.45, 2.75) is 24.8 Å². The number of fused-ring (bicyclic) bond motifs is 1. The Kier molecular flexibility index (Phi) is 4.60. The monoisotopic (exact) mass is 423 g/mol. The number of pyridine rings is 2. The average Bonchev–Trinajstić information content (AvgIpc) is 3.42. The minimum absolute atomic E-state index is 0.0343. The van der Waals surface area contributed by atoms with E-state index in [0.717, 1.165) is 22.4 Å². The Hall–Kier alpha value is -4.24. The minimum atomic E-state index is -0.429. The van der Waals surface area contributed by atoms with Crippen LogP contribution < -0.4 is 5.32 Å². The van der Waals surface area contributed by atoms with Gasteiger partial charge >= 0.3 is 0 Å². The van der Waals surface area contributed by atoms with E-state index in [1.165, 1.54) is 0 Å².